The van der Waals surface area contributed by atoms with E-state index in [1.54, 1.807) is 13.0 Å². The van der Waals surface area contributed by atoms with Crippen LogP contribution in [0.5, 0.6) is 0 Å². The molecule has 0 atom stereocenters. The summed E-state index contributed by atoms with van der Waals surface area (Å²) in [7, 11) is 0. The SMILES string of the molecule is CCOCCC(=O)Nc1cc(C)c(C(=O)OCC)s1. The van der Waals surface area contributed by atoms with Crippen molar-refractivity contribution in [1.82, 2.24) is 0 Å². The van der Waals surface area contributed by atoms with E-state index in [0.717, 1.165) is 5.56 Å². The summed E-state index contributed by atoms with van der Waals surface area (Å²) in [4.78, 5) is 23.8. The minimum absolute atomic E-state index is 0.120. The number of rotatable bonds is 7. The number of thiophene rings is 1. The van der Waals surface area contributed by atoms with Crippen LogP contribution < -0.4 is 5.32 Å². The van der Waals surface area contributed by atoms with Crippen molar-refractivity contribution in [2.75, 3.05) is 25.1 Å². The zero-order valence-corrected chi connectivity index (χ0v) is 12.3. The summed E-state index contributed by atoms with van der Waals surface area (Å²) in [5.41, 5.74) is 0.809. The van der Waals surface area contributed by atoms with Gasteiger partial charge in [0.05, 0.1) is 24.6 Å². The van der Waals surface area contributed by atoms with E-state index in [0.29, 0.717) is 36.1 Å². The fraction of sp³-hybridized carbons (Fsp3) is 0.538. The molecule has 6 heteroatoms. The maximum atomic E-state index is 11.6. The molecule has 1 aromatic rings. The largest absolute Gasteiger partial charge is 0.462 e. The second kappa shape index (κ2) is 7.91. The van der Waals surface area contributed by atoms with Gasteiger partial charge < -0.3 is 14.8 Å². The molecule has 0 unspecified atom stereocenters. The third-order valence-electron chi connectivity index (χ3n) is 2.32. The van der Waals surface area contributed by atoms with E-state index in [2.05, 4.69) is 5.32 Å². The van der Waals surface area contributed by atoms with E-state index >= 15 is 0 Å². The Balaban J connectivity index is 2.58. The highest BCUT2D eigenvalue weighted by atomic mass is 32.1. The topological polar surface area (TPSA) is 64.6 Å². The van der Waals surface area contributed by atoms with Gasteiger partial charge in [0, 0.05) is 6.61 Å². The third kappa shape index (κ3) is 5.00. The first-order valence-corrected chi connectivity index (χ1v) is 7.05. The van der Waals surface area contributed by atoms with Crippen molar-refractivity contribution >= 4 is 28.2 Å². The van der Waals surface area contributed by atoms with Crippen LogP contribution in [0.3, 0.4) is 0 Å². The molecule has 0 aliphatic heterocycles. The van der Waals surface area contributed by atoms with Gasteiger partial charge >= 0.3 is 5.97 Å². The number of nitrogens with one attached hydrogen (secondary N) is 1. The van der Waals surface area contributed by atoms with Crippen LogP contribution in [0.1, 0.15) is 35.5 Å². The van der Waals surface area contributed by atoms with E-state index in [1.807, 2.05) is 13.8 Å². The van der Waals surface area contributed by atoms with Crippen molar-refractivity contribution in [1.29, 1.82) is 0 Å². The molecular weight excluding hydrogens is 266 g/mol. The highest BCUT2D eigenvalue weighted by Crippen LogP contribution is 2.27. The lowest BCUT2D eigenvalue weighted by Gasteiger charge is -2.02. The number of aryl methyl sites for hydroxylation is 1. The van der Waals surface area contributed by atoms with Crippen molar-refractivity contribution in [3.8, 4) is 0 Å². The molecule has 0 radical (unpaired) electrons. The fourth-order valence-electron chi connectivity index (χ4n) is 1.45. The predicted molar refractivity (Wildman–Crippen MR) is 74.8 cm³/mol. The van der Waals surface area contributed by atoms with Crippen LogP contribution in [0.25, 0.3) is 0 Å². The zero-order valence-electron chi connectivity index (χ0n) is 11.4. The Bertz CT molecular complexity index is 442. The maximum Gasteiger partial charge on any atom is 0.348 e. The molecule has 106 valence electrons. The van der Waals surface area contributed by atoms with Gasteiger partial charge in [-0.2, -0.15) is 0 Å². The monoisotopic (exact) mass is 285 g/mol. The Morgan fingerprint density at radius 1 is 1.32 bits per heavy atom. The van der Waals surface area contributed by atoms with Gasteiger partial charge in [-0.3, -0.25) is 4.79 Å². The van der Waals surface area contributed by atoms with E-state index in [4.69, 9.17) is 9.47 Å². The fourth-order valence-corrected chi connectivity index (χ4v) is 2.43. The molecule has 1 rings (SSSR count). The van der Waals surface area contributed by atoms with E-state index in [-0.39, 0.29) is 11.9 Å². The predicted octanol–water partition coefficient (Wildman–Crippen LogP) is 2.60. The number of esters is 1. The van der Waals surface area contributed by atoms with Crippen LogP contribution in [0.4, 0.5) is 5.00 Å². The van der Waals surface area contributed by atoms with E-state index in [1.165, 1.54) is 11.3 Å². The van der Waals surface area contributed by atoms with Gasteiger partial charge in [-0.05, 0) is 32.4 Å². The number of carbonyl (C=O) groups is 2. The first-order valence-electron chi connectivity index (χ1n) is 6.23. The van der Waals surface area contributed by atoms with Crippen molar-refractivity contribution in [2.45, 2.75) is 27.2 Å². The maximum absolute atomic E-state index is 11.6. The Morgan fingerprint density at radius 2 is 2.05 bits per heavy atom. The number of hydrogen-bond acceptors (Lipinski definition) is 5. The second-order valence-electron chi connectivity index (χ2n) is 3.84. The quantitative estimate of drug-likeness (QED) is 0.618. The van der Waals surface area contributed by atoms with Gasteiger partial charge in [-0.25, -0.2) is 4.79 Å². The molecule has 0 aromatic carbocycles. The molecule has 0 saturated heterocycles. The van der Waals surface area contributed by atoms with Crippen molar-refractivity contribution in [3.05, 3.63) is 16.5 Å². The Labute approximate surface area is 116 Å². The summed E-state index contributed by atoms with van der Waals surface area (Å²) in [6, 6.07) is 1.77. The Hall–Kier alpha value is -1.40. The summed E-state index contributed by atoms with van der Waals surface area (Å²) >= 11 is 1.23. The molecular formula is C13H19NO4S. The normalized spacial score (nSPS) is 10.3. The van der Waals surface area contributed by atoms with Crippen LogP contribution in [0.15, 0.2) is 6.07 Å². The molecule has 0 aliphatic rings. The number of anilines is 1. The van der Waals surface area contributed by atoms with Gasteiger partial charge in [0.15, 0.2) is 0 Å². The summed E-state index contributed by atoms with van der Waals surface area (Å²) in [6.45, 7) is 6.80. The first kappa shape index (κ1) is 15.7. The van der Waals surface area contributed by atoms with Crippen molar-refractivity contribution < 1.29 is 19.1 Å². The molecule has 0 fully saturated rings. The van der Waals surface area contributed by atoms with E-state index in [9.17, 15) is 9.59 Å². The molecule has 1 amide bonds. The average molecular weight is 285 g/mol. The van der Waals surface area contributed by atoms with Crippen LogP contribution in [0, 0.1) is 6.92 Å². The molecule has 0 saturated carbocycles. The standard InChI is InChI=1S/C13H19NO4S/c1-4-17-7-6-10(15)14-11-8-9(3)12(19-11)13(16)18-5-2/h8H,4-7H2,1-3H3,(H,14,15). The van der Waals surface area contributed by atoms with Gasteiger partial charge in [0.1, 0.15) is 4.88 Å². The molecule has 5 nitrogen and oxygen atoms in total. The van der Waals surface area contributed by atoms with Crippen molar-refractivity contribution in [2.24, 2.45) is 0 Å². The molecule has 1 heterocycles. The average Bonchev–Trinajstić information content (AvgIpc) is 2.71. The van der Waals surface area contributed by atoms with Crippen LogP contribution >= 0.6 is 11.3 Å². The molecule has 19 heavy (non-hydrogen) atoms. The molecule has 0 spiro atoms. The van der Waals surface area contributed by atoms with Gasteiger partial charge in [0.2, 0.25) is 5.91 Å². The molecule has 0 aliphatic carbocycles. The molecule has 1 N–H and O–H groups in total. The number of carbonyl (C=O) groups excluding carboxylic acids is 2. The lowest BCUT2D eigenvalue weighted by atomic mass is 10.3. The summed E-state index contributed by atoms with van der Waals surface area (Å²) in [5, 5.41) is 3.41. The molecule has 1 aromatic heterocycles. The highest BCUT2D eigenvalue weighted by Gasteiger charge is 2.15. The summed E-state index contributed by atoms with van der Waals surface area (Å²) < 4.78 is 10.1. The number of amides is 1. The lowest BCUT2D eigenvalue weighted by molar-refractivity contribution is -0.117. The number of ether oxygens (including phenoxy) is 2. The Morgan fingerprint density at radius 3 is 2.68 bits per heavy atom. The number of hydrogen-bond donors (Lipinski definition) is 1. The highest BCUT2D eigenvalue weighted by molar-refractivity contribution is 7.18. The lowest BCUT2D eigenvalue weighted by Crippen LogP contribution is -2.13. The second-order valence-corrected chi connectivity index (χ2v) is 4.89. The summed E-state index contributed by atoms with van der Waals surface area (Å²) in [6.07, 6.45) is 0.305. The van der Waals surface area contributed by atoms with Crippen LogP contribution in [-0.2, 0) is 14.3 Å². The third-order valence-corrected chi connectivity index (χ3v) is 3.45. The minimum Gasteiger partial charge on any atom is -0.462 e. The molecule has 0 bridgehead atoms. The zero-order chi connectivity index (χ0) is 14.3. The van der Waals surface area contributed by atoms with Crippen LogP contribution in [0.2, 0.25) is 0 Å². The van der Waals surface area contributed by atoms with Gasteiger partial charge in [-0.15, -0.1) is 11.3 Å². The van der Waals surface area contributed by atoms with Crippen molar-refractivity contribution in [3.63, 3.8) is 0 Å². The van der Waals surface area contributed by atoms with Crippen LogP contribution in [-0.4, -0.2) is 31.7 Å². The van der Waals surface area contributed by atoms with E-state index < -0.39 is 0 Å². The smallest absolute Gasteiger partial charge is 0.348 e. The first-order chi connectivity index (χ1) is 9.08. The summed E-state index contributed by atoms with van der Waals surface area (Å²) in [5.74, 6) is -0.468. The van der Waals surface area contributed by atoms with Gasteiger partial charge in [-0.1, -0.05) is 0 Å². The Kier molecular flexibility index (Phi) is 6.52. The minimum atomic E-state index is -0.347. The van der Waals surface area contributed by atoms with Gasteiger partial charge in [0.25, 0.3) is 0 Å².